The first-order valence-corrected chi connectivity index (χ1v) is 17.9. The molecule has 12 unspecified atom stereocenters. The maximum atomic E-state index is 12.5. The van der Waals surface area contributed by atoms with E-state index >= 15 is 0 Å². The minimum absolute atomic E-state index is 0.0180. The lowest BCUT2D eigenvalue weighted by Crippen LogP contribution is -2.69. The third-order valence-electron chi connectivity index (χ3n) is 16.4. The Kier molecular flexibility index (Phi) is 6.74. The standard InChI is InChI=1S/C39H58O4/c1-7-11-29-38-16-14-27-35(4,28(38)15-17-39(29,42)43-31(38)24-26-12-9-8-10-13-26)21-23-37(6)30-25-34(3,32(40)41)19-18-33(30,2)20-22-36(27,37)5/h8-10,12-13,27-31,42H,7,11,14-25H2,1-6H3,(H,40,41). The molecular formula is C39H58O4. The van der Waals surface area contributed by atoms with Crippen LogP contribution in [0.5, 0.6) is 0 Å². The number of carboxylic acids is 1. The van der Waals surface area contributed by atoms with E-state index in [4.69, 9.17) is 4.74 Å². The van der Waals surface area contributed by atoms with Crippen LogP contribution in [0.3, 0.4) is 0 Å². The molecular weight excluding hydrogens is 532 g/mol. The number of benzene rings is 1. The number of hydrogen-bond donors (Lipinski definition) is 2. The third kappa shape index (κ3) is 3.84. The van der Waals surface area contributed by atoms with Crippen molar-refractivity contribution in [1.29, 1.82) is 0 Å². The average Bonchev–Trinajstić information content (AvgIpc) is 3.09. The van der Waals surface area contributed by atoms with Crippen molar-refractivity contribution in [2.45, 2.75) is 143 Å². The average molecular weight is 591 g/mol. The largest absolute Gasteiger partial charge is 0.481 e. The molecule has 2 bridgehead atoms. The molecule has 0 aromatic heterocycles. The molecule has 238 valence electrons. The molecule has 43 heavy (non-hydrogen) atoms. The highest BCUT2D eigenvalue weighted by molar-refractivity contribution is 5.74. The Hall–Kier alpha value is -1.39. The second kappa shape index (κ2) is 9.57. The fraction of sp³-hybridized carbons (Fsp3) is 0.821. The number of hydrogen-bond acceptors (Lipinski definition) is 3. The molecule has 1 aromatic carbocycles. The Morgan fingerprint density at radius 1 is 0.837 bits per heavy atom. The number of aliphatic hydroxyl groups is 1. The predicted molar refractivity (Wildman–Crippen MR) is 170 cm³/mol. The maximum absolute atomic E-state index is 12.5. The van der Waals surface area contributed by atoms with Crippen LogP contribution in [0, 0.1) is 56.2 Å². The summed E-state index contributed by atoms with van der Waals surface area (Å²) >= 11 is 0. The Morgan fingerprint density at radius 3 is 2.19 bits per heavy atom. The van der Waals surface area contributed by atoms with Crippen LogP contribution < -0.4 is 0 Å². The maximum Gasteiger partial charge on any atom is 0.309 e. The van der Waals surface area contributed by atoms with Gasteiger partial charge in [0.25, 0.3) is 0 Å². The van der Waals surface area contributed by atoms with Gasteiger partial charge in [-0.15, -0.1) is 0 Å². The molecule has 1 aromatic rings. The van der Waals surface area contributed by atoms with Crippen LogP contribution in [0.4, 0.5) is 0 Å². The molecule has 0 amide bonds. The molecule has 4 nitrogen and oxygen atoms in total. The zero-order valence-corrected chi connectivity index (χ0v) is 27.9. The predicted octanol–water partition coefficient (Wildman–Crippen LogP) is 9.04. The molecule has 12 atom stereocenters. The van der Waals surface area contributed by atoms with Gasteiger partial charge in [-0.2, -0.15) is 0 Å². The van der Waals surface area contributed by atoms with E-state index in [2.05, 4.69) is 65.0 Å². The topological polar surface area (TPSA) is 66.8 Å². The minimum Gasteiger partial charge on any atom is -0.481 e. The fourth-order valence-electron chi connectivity index (χ4n) is 13.9. The lowest BCUT2D eigenvalue weighted by molar-refractivity contribution is -0.269. The van der Waals surface area contributed by atoms with Gasteiger partial charge in [0.05, 0.1) is 11.5 Å². The number of carbonyl (C=O) groups is 1. The van der Waals surface area contributed by atoms with Gasteiger partial charge >= 0.3 is 5.97 Å². The summed E-state index contributed by atoms with van der Waals surface area (Å²) in [6.45, 7) is 14.7. The van der Waals surface area contributed by atoms with Crippen molar-refractivity contribution < 1.29 is 19.7 Å². The quantitative estimate of drug-likeness (QED) is 0.359. The Balaban J connectivity index is 1.28. The van der Waals surface area contributed by atoms with Crippen molar-refractivity contribution in [3.05, 3.63) is 35.9 Å². The number of ether oxygens (including phenoxy) is 1. The Labute approximate surface area is 260 Å². The number of aliphatic carboxylic acids is 1. The van der Waals surface area contributed by atoms with Crippen molar-refractivity contribution in [3.63, 3.8) is 0 Å². The van der Waals surface area contributed by atoms with Gasteiger partial charge in [0.15, 0.2) is 5.79 Å². The molecule has 7 rings (SSSR count). The molecule has 1 spiro atoms. The molecule has 1 saturated heterocycles. The van der Waals surface area contributed by atoms with Crippen molar-refractivity contribution in [3.8, 4) is 0 Å². The minimum atomic E-state index is -0.988. The van der Waals surface area contributed by atoms with Gasteiger partial charge in [-0.3, -0.25) is 4.79 Å². The van der Waals surface area contributed by atoms with E-state index in [-0.39, 0.29) is 39.1 Å². The van der Waals surface area contributed by atoms with E-state index in [9.17, 15) is 15.0 Å². The SMILES string of the molecule is CCCC1C2(O)CCC3C4(C)CCC5(C)C6CC(C)(C(=O)O)CCC6(C)CCC5(C)C4CCC13C(Cc1ccccc1)O2. The van der Waals surface area contributed by atoms with Gasteiger partial charge in [0.2, 0.25) is 0 Å². The zero-order valence-electron chi connectivity index (χ0n) is 27.9. The molecule has 2 N–H and O–H groups in total. The summed E-state index contributed by atoms with van der Waals surface area (Å²) in [5, 5.41) is 22.5. The highest BCUT2D eigenvalue weighted by Gasteiger charge is 2.76. The van der Waals surface area contributed by atoms with Crippen molar-refractivity contribution >= 4 is 5.97 Å². The van der Waals surface area contributed by atoms with Crippen molar-refractivity contribution in [1.82, 2.24) is 0 Å². The van der Waals surface area contributed by atoms with E-state index in [1.54, 1.807) is 0 Å². The molecule has 5 aliphatic carbocycles. The van der Waals surface area contributed by atoms with Crippen LogP contribution >= 0.6 is 0 Å². The molecule has 4 heteroatoms. The molecule has 1 heterocycles. The van der Waals surface area contributed by atoms with Gasteiger partial charge in [0.1, 0.15) is 0 Å². The van der Waals surface area contributed by atoms with Gasteiger partial charge in [0, 0.05) is 17.8 Å². The van der Waals surface area contributed by atoms with E-state index in [1.807, 2.05) is 6.92 Å². The summed E-state index contributed by atoms with van der Waals surface area (Å²) < 4.78 is 6.91. The van der Waals surface area contributed by atoms with Gasteiger partial charge < -0.3 is 14.9 Å². The normalized spacial score (nSPS) is 53.7. The molecule has 5 saturated carbocycles. The summed E-state index contributed by atoms with van der Waals surface area (Å²) in [7, 11) is 0. The fourth-order valence-corrected chi connectivity index (χ4v) is 13.9. The van der Waals surface area contributed by atoms with E-state index < -0.39 is 17.2 Å². The van der Waals surface area contributed by atoms with Crippen LogP contribution in [0.2, 0.25) is 0 Å². The number of rotatable bonds is 5. The summed E-state index contributed by atoms with van der Waals surface area (Å²) in [6, 6.07) is 10.9. The van der Waals surface area contributed by atoms with Gasteiger partial charge in [-0.05, 0) is 129 Å². The third-order valence-corrected chi connectivity index (χ3v) is 16.4. The monoisotopic (exact) mass is 590 g/mol. The second-order valence-corrected chi connectivity index (χ2v) is 17.9. The highest BCUT2D eigenvalue weighted by Crippen LogP contribution is 2.80. The Bertz CT molecular complexity index is 1260. The highest BCUT2D eigenvalue weighted by atomic mass is 16.6. The van der Waals surface area contributed by atoms with Crippen LogP contribution in [0.25, 0.3) is 0 Å². The second-order valence-electron chi connectivity index (χ2n) is 17.9. The van der Waals surface area contributed by atoms with Crippen molar-refractivity contribution in [2.24, 2.45) is 56.2 Å². The first-order chi connectivity index (χ1) is 20.2. The number of fused-ring (bicyclic) bond motifs is 7. The van der Waals surface area contributed by atoms with E-state index in [1.165, 1.54) is 37.7 Å². The van der Waals surface area contributed by atoms with E-state index in [0.717, 1.165) is 57.8 Å². The van der Waals surface area contributed by atoms with Crippen LogP contribution in [-0.2, 0) is 16.0 Å². The molecule has 6 fully saturated rings. The van der Waals surface area contributed by atoms with E-state index in [0.29, 0.717) is 17.8 Å². The lowest BCUT2D eigenvalue weighted by atomic mass is 9.29. The first-order valence-electron chi connectivity index (χ1n) is 17.9. The Morgan fingerprint density at radius 2 is 1.49 bits per heavy atom. The molecule has 0 radical (unpaired) electrons. The number of carboxylic acid groups (broad SMARTS) is 1. The zero-order chi connectivity index (χ0) is 30.7. The summed E-state index contributed by atoms with van der Waals surface area (Å²) in [5.74, 6) is 0.270. The van der Waals surface area contributed by atoms with Gasteiger partial charge in [-0.25, -0.2) is 0 Å². The van der Waals surface area contributed by atoms with Gasteiger partial charge in [-0.1, -0.05) is 71.4 Å². The first kappa shape index (κ1) is 30.3. The van der Waals surface area contributed by atoms with Crippen LogP contribution in [-0.4, -0.2) is 28.1 Å². The van der Waals surface area contributed by atoms with Crippen LogP contribution in [0.1, 0.15) is 131 Å². The summed E-state index contributed by atoms with van der Waals surface area (Å²) in [4.78, 5) is 12.5. The lowest BCUT2D eigenvalue weighted by Gasteiger charge is -2.75. The smallest absolute Gasteiger partial charge is 0.309 e. The summed E-state index contributed by atoms with van der Waals surface area (Å²) in [5.41, 5.74) is 1.55. The molecule has 1 aliphatic heterocycles. The molecule has 6 aliphatic rings. The van der Waals surface area contributed by atoms with Crippen LogP contribution in [0.15, 0.2) is 30.3 Å². The summed E-state index contributed by atoms with van der Waals surface area (Å²) in [6.07, 6.45) is 14.9. The van der Waals surface area contributed by atoms with Crippen molar-refractivity contribution in [2.75, 3.05) is 0 Å².